The van der Waals surface area contributed by atoms with E-state index in [2.05, 4.69) is 33.3 Å². The number of nitrogens with zero attached hydrogens (tertiary/aromatic N) is 5. The quantitative estimate of drug-likeness (QED) is 0.718. The fourth-order valence-corrected chi connectivity index (χ4v) is 4.23. The standard InChI is InChI=1S/C21H21N5O/c27-20-10-18(13-25(20)12-15-3-2-8-22-11-15)21-23-14-24-26(21)19-7-6-16-4-1-5-17(16)9-19/h2-3,6-9,11,14,18H,1,4-5,10,12-13H2/t18-/m1/s1. The Hall–Kier alpha value is -3.02. The molecule has 0 N–H and O–H groups in total. The summed E-state index contributed by atoms with van der Waals surface area (Å²) >= 11 is 0. The summed E-state index contributed by atoms with van der Waals surface area (Å²) in [5, 5.41) is 4.46. The lowest BCUT2D eigenvalue weighted by Gasteiger charge is -2.16. The molecule has 5 rings (SSSR count). The lowest BCUT2D eigenvalue weighted by atomic mass is 10.1. The van der Waals surface area contributed by atoms with E-state index in [4.69, 9.17) is 0 Å². The number of carbonyl (C=O) groups is 1. The second kappa shape index (κ2) is 6.61. The molecule has 27 heavy (non-hydrogen) atoms. The average molecular weight is 359 g/mol. The van der Waals surface area contributed by atoms with Gasteiger partial charge in [0.25, 0.3) is 0 Å². The van der Waals surface area contributed by atoms with E-state index in [0.717, 1.165) is 23.5 Å². The molecule has 1 aliphatic heterocycles. The molecule has 3 heterocycles. The second-order valence-corrected chi connectivity index (χ2v) is 7.37. The van der Waals surface area contributed by atoms with Crippen LogP contribution in [0.1, 0.15) is 41.3 Å². The third-order valence-electron chi connectivity index (χ3n) is 5.58. The van der Waals surface area contributed by atoms with Crippen LogP contribution in [-0.2, 0) is 24.2 Å². The number of aryl methyl sites for hydroxylation is 2. The zero-order chi connectivity index (χ0) is 18.2. The predicted molar refractivity (Wildman–Crippen MR) is 100 cm³/mol. The number of benzene rings is 1. The van der Waals surface area contributed by atoms with Crippen LogP contribution in [0.25, 0.3) is 5.69 Å². The average Bonchev–Trinajstić information content (AvgIpc) is 3.42. The summed E-state index contributed by atoms with van der Waals surface area (Å²) in [4.78, 5) is 23.1. The normalized spacial score (nSPS) is 18.9. The van der Waals surface area contributed by atoms with Gasteiger partial charge in [-0.2, -0.15) is 5.10 Å². The van der Waals surface area contributed by atoms with E-state index in [1.165, 1.54) is 24.0 Å². The third kappa shape index (κ3) is 3.01. The van der Waals surface area contributed by atoms with Crippen molar-refractivity contribution < 1.29 is 4.79 Å². The van der Waals surface area contributed by atoms with Gasteiger partial charge in [-0.15, -0.1) is 0 Å². The molecule has 6 nitrogen and oxygen atoms in total. The molecule has 6 heteroatoms. The number of amides is 1. The minimum Gasteiger partial charge on any atom is -0.338 e. The molecule has 1 atom stereocenters. The Balaban J connectivity index is 1.39. The van der Waals surface area contributed by atoms with Gasteiger partial charge in [-0.05, 0) is 54.2 Å². The molecule has 0 bridgehead atoms. The van der Waals surface area contributed by atoms with Crippen molar-refractivity contribution in [2.45, 2.75) is 38.1 Å². The molecular weight excluding hydrogens is 338 g/mol. The summed E-state index contributed by atoms with van der Waals surface area (Å²) in [6.45, 7) is 1.26. The van der Waals surface area contributed by atoms with E-state index in [1.807, 2.05) is 27.9 Å². The number of pyridine rings is 1. The van der Waals surface area contributed by atoms with Crippen molar-refractivity contribution in [2.75, 3.05) is 6.54 Å². The van der Waals surface area contributed by atoms with E-state index in [-0.39, 0.29) is 11.8 Å². The molecule has 1 saturated heterocycles. The van der Waals surface area contributed by atoms with Crippen LogP contribution in [0, 0.1) is 0 Å². The Kier molecular flexibility index (Phi) is 3.96. The minimum absolute atomic E-state index is 0.0601. The maximum Gasteiger partial charge on any atom is 0.223 e. The smallest absolute Gasteiger partial charge is 0.223 e. The summed E-state index contributed by atoms with van der Waals surface area (Å²) in [5.41, 5.74) is 4.95. The highest BCUT2D eigenvalue weighted by atomic mass is 16.2. The highest BCUT2D eigenvalue weighted by Crippen LogP contribution is 2.30. The van der Waals surface area contributed by atoms with Crippen LogP contribution in [0.15, 0.2) is 49.1 Å². The highest BCUT2D eigenvalue weighted by molar-refractivity contribution is 5.79. The first kappa shape index (κ1) is 16.2. The Labute approximate surface area is 157 Å². The highest BCUT2D eigenvalue weighted by Gasteiger charge is 2.33. The molecule has 0 saturated carbocycles. The monoisotopic (exact) mass is 359 g/mol. The van der Waals surface area contributed by atoms with Crippen molar-refractivity contribution in [3.05, 3.63) is 71.6 Å². The molecule has 2 aromatic heterocycles. The van der Waals surface area contributed by atoms with Gasteiger partial charge in [0, 0.05) is 37.8 Å². The van der Waals surface area contributed by atoms with E-state index in [0.29, 0.717) is 19.5 Å². The van der Waals surface area contributed by atoms with Crippen molar-refractivity contribution in [1.29, 1.82) is 0 Å². The van der Waals surface area contributed by atoms with Gasteiger partial charge in [-0.3, -0.25) is 9.78 Å². The van der Waals surface area contributed by atoms with Crippen LogP contribution >= 0.6 is 0 Å². The molecule has 1 aromatic carbocycles. The van der Waals surface area contributed by atoms with Gasteiger partial charge < -0.3 is 4.90 Å². The van der Waals surface area contributed by atoms with E-state index in [9.17, 15) is 4.79 Å². The van der Waals surface area contributed by atoms with Gasteiger partial charge >= 0.3 is 0 Å². The molecule has 0 radical (unpaired) electrons. The third-order valence-corrected chi connectivity index (χ3v) is 5.58. The Morgan fingerprint density at radius 1 is 1.15 bits per heavy atom. The number of carbonyl (C=O) groups excluding carboxylic acids is 1. The van der Waals surface area contributed by atoms with Crippen LogP contribution in [0.4, 0.5) is 0 Å². The molecule has 1 aliphatic carbocycles. The molecular formula is C21H21N5O. The summed E-state index contributed by atoms with van der Waals surface area (Å²) in [6, 6.07) is 10.5. The van der Waals surface area contributed by atoms with Gasteiger partial charge in [0.15, 0.2) is 0 Å². The maximum atomic E-state index is 12.5. The first-order valence-electron chi connectivity index (χ1n) is 9.47. The SMILES string of the molecule is O=C1C[C@@H](c2ncnn2-c2ccc3c(c2)CCC3)CN1Cc1cccnc1. The minimum atomic E-state index is 0.0601. The van der Waals surface area contributed by atoms with Gasteiger partial charge in [-0.25, -0.2) is 9.67 Å². The van der Waals surface area contributed by atoms with Crippen LogP contribution in [0.2, 0.25) is 0 Å². The van der Waals surface area contributed by atoms with Crippen molar-refractivity contribution in [1.82, 2.24) is 24.6 Å². The molecule has 136 valence electrons. The topological polar surface area (TPSA) is 63.9 Å². The summed E-state index contributed by atoms with van der Waals surface area (Å²) in [5.74, 6) is 1.09. The number of hydrogen-bond acceptors (Lipinski definition) is 4. The van der Waals surface area contributed by atoms with Crippen molar-refractivity contribution in [2.24, 2.45) is 0 Å². The first-order chi connectivity index (χ1) is 13.3. The molecule has 3 aromatic rings. The molecule has 0 unspecified atom stereocenters. The van der Waals surface area contributed by atoms with E-state index in [1.54, 1.807) is 12.5 Å². The lowest BCUT2D eigenvalue weighted by Crippen LogP contribution is -2.24. The Morgan fingerprint density at radius 3 is 2.96 bits per heavy atom. The number of fused-ring (bicyclic) bond motifs is 1. The summed E-state index contributed by atoms with van der Waals surface area (Å²) in [7, 11) is 0. The number of likely N-dealkylation sites (tertiary alicyclic amines) is 1. The lowest BCUT2D eigenvalue weighted by molar-refractivity contribution is -0.128. The summed E-state index contributed by atoms with van der Waals surface area (Å²) < 4.78 is 1.91. The molecule has 1 fully saturated rings. The fraction of sp³-hybridized carbons (Fsp3) is 0.333. The van der Waals surface area contributed by atoms with Crippen LogP contribution in [0.3, 0.4) is 0 Å². The predicted octanol–water partition coefficient (Wildman–Crippen LogP) is 2.67. The maximum absolute atomic E-state index is 12.5. The molecule has 1 amide bonds. The van der Waals surface area contributed by atoms with Gasteiger partial charge in [-0.1, -0.05) is 12.1 Å². The van der Waals surface area contributed by atoms with Crippen LogP contribution < -0.4 is 0 Å². The summed E-state index contributed by atoms with van der Waals surface area (Å²) in [6.07, 6.45) is 9.16. The number of rotatable bonds is 4. The largest absolute Gasteiger partial charge is 0.338 e. The van der Waals surface area contributed by atoms with Gasteiger partial charge in [0.1, 0.15) is 12.2 Å². The molecule has 2 aliphatic rings. The Morgan fingerprint density at radius 2 is 2.07 bits per heavy atom. The van der Waals surface area contributed by atoms with Gasteiger partial charge in [0.05, 0.1) is 5.69 Å². The van der Waals surface area contributed by atoms with E-state index >= 15 is 0 Å². The first-order valence-corrected chi connectivity index (χ1v) is 9.47. The van der Waals surface area contributed by atoms with Gasteiger partial charge in [0.2, 0.25) is 5.91 Å². The van der Waals surface area contributed by atoms with Crippen molar-refractivity contribution >= 4 is 5.91 Å². The fourth-order valence-electron chi connectivity index (χ4n) is 4.23. The van der Waals surface area contributed by atoms with E-state index < -0.39 is 0 Å². The van der Waals surface area contributed by atoms with Crippen molar-refractivity contribution in [3.8, 4) is 5.69 Å². The van der Waals surface area contributed by atoms with Crippen LogP contribution in [0.5, 0.6) is 0 Å². The number of hydrogen-bond donors (Lipinski definition) is 0. The van der Waals surface area contributed by atoms with Crippen LogP contribution in [-0.4, -0.2) is 37.1 Å². The van der Waals surface area contributed by atoms with Crippen molar-refractivity contribution in [3.63, 3.8) is 0 Å². The molecule has 0 spiro atoms. The Bertz CT molecular complexity index is 981. The zero-order valence-electron chi connectivity index (χ0n) is 15.1. The second-order valence-electron chi connectivity index (χ2n) is 7.37. The zero-order valence-corrected chi connectivity index (χ0v) is 15.1. The number of aromatic nitrogens is 4.